The molecule has 6 heteroatoms. The van der Waals surface area contributed by atoms with Crippen molar-refractivity contribution in [3.05, 3.63) is 75.6 Å². The van der Waals surface area contributed by atoms with Gasteiger partial charge in [-0.05, 0) is 29.3 Å². The maximum Gasteiger partial charge on any atom is 0.277 e. The minimum absolute atomic E-state index is 0.437. The first-order valence-electron chi connectivity index (χ1n) is 6.84. The SMILES string of the molecule is Clc1ccc(/C=C/c2nnc(SCc3ccccc3)o2)c(Cl)c1. The number of hydrogen-bond acceptors (Lipinski definition) is 4. The molecule has 0 radical (unpaired) electrons. The zero-order valence-corrected chi connectivity index (χ0v) is 14.3. The summed E-state index contributed by atoms with van der Waals surface area (Å²) in [6.45, 7) is 0. The van der Waals surface area contributed by atoms with Gasteiger partial charge in [-0.1, -0.05) is 71.4 Å². The van der Waals surface area contributed by atoms with Crippen LogP contribution in [0.3, 0.4) is 0 Å². The lowest BCUT2D eigenvalue weighted by molar-refractivity contribution is 0.446. The Labute approximate surface area is 148 Å². The molecule has 0 spiro atoms. The second-order valence-corrected chi connectivity index (χ2v) is 6.45. The molecule has 1 heterocycles. The predicted octanol–water partition coefficient (Wildman–Crippen LogP) is 5.84. The number of nitrogens with zero attached hydrogens (tertiary/aromatic N) is 2. The Balaban J connectivity index is 1.64. The van der Waals surface area contributed by atoms with Gasteiger partial charge in [0.2, 0.25) is 5.89 Å². The van der Waals surface area contributed by atoms with Gasteiger partial charge in [-0.3, -0.25) is 0 Å². The zero-order chi connectivity index (χ0) is 16.1. The van der Waals surface area contributed by atoms with Crippen molar-refractivity contribution in [2.24, 2.45) is 0 Å². The molecular formula is C17H12Cl2N2OS. The van der Waals surface area contributed by atoms with Gasteiger partial charge in [0.15, 0.2) is 0 Å². The molecule has 3 rings (SSSR count). The Bertz CT molecular complexity index is 818. The van der Waals surface area contributed by atoms with Crippen LogP contribution in [0.5, 0.6) is 0 Å². The van der Waals surface area contributed by atoms with E-state index >= 15 is 0 Å². The molecule has 0 fully saturated rings. The molecule has 0 aliphatic rings. The number of thioether (sulfide) groups is 1. The first-order valence-corrected chi connectivity index (χ1v) is 8.58. The Morgan fingerprint density at radius 2 is 1.83 bits per heavy atom. The lowest BCUT2D eigenvalue weighted by Crippen LogP contribution is -1.79. The maximum atomic E-state index is 6.11. The Morgan fingerprint density at radius 3 is 2.61 bits per heavy atom. The summed E-state index contributed by atoms with van der Waals surface area (Å²) < 4.78 is 5.58. The van der Waals surface area contributed by atoms with Crippen LogP contribution in [-0.4, -0.2) is 10.2 Å². The molecule has 0 bridgehead atoms. The van der Waals surface area contributed by atoms with E-state index in [1.165, 1.54) is 17.3 Å². The lowest BCUT2D eigenvalue weighted by atomic mass is 10.2. The van der Waals surface area contributed by atoms with Crippen molar-refractivity contribution in [3.63, 3.8) is 0 Å². The lowest BCUT2D eigenvalue weighted by Gasteiger charge is -1.97. The fraction of sp³-hybridized carbons (Fsp3) is 0.0588. The van der Waals surface area contributed by atoms with Crippen LogP contribution in [0.4, 0.5) is 0 Å². The zero-order valence-electron chi connectivity index (χ0n) is 11.9. The third-order valence-electron chi connectivity index (χ3n) is 3.00. The minimum atomic E-state index is 0.437. The normalized spacial score (nSPS) is 11.2. The third kappa shape index (κ3) is 4.61. The largest absolute Gasteiger partial charge is 0.412 e. The van der Waals surface area contributed by atoms with E-state index < -0.39 is 0 Å². The first-order chi connectivity index (χ1) is 11.2. The van der Waals surface area contributed by atoms with E-state index in [4.69, 9.17) is 27.6 Å². The van der Waals surface area contributed by atoms with E-state index in [1.54, 1.807) is 18.2 Å². The molecule has 2 aromatic carbocycles. The van der Waals surface area contributed by atoms with Crippen LogP contribution >= 0.6 is 35.0 Å². The Morgan fingerprint density at radius 1 is 1.00 bits per heavy atom. The van der Waals surface area contributed by atoms with Crippen molar-refractivity contribution in [1.29, 1.82) is 0 Å². The molecule has 0 aliphatic heterocycles. The molecule has 0 saturated heterocycles. The van der Waals surface area contributed by atoms with E-state index in [0.717, 1.165) is 11.3 Å². The predicted molar refractivity (Wildman–Crippen MR) is 95.7 cm³/mol. The second-order valence-electron chi connectivity index (χ2n) is 4.68. The van der Waals surface area contributed by atoms with Gasteiger partial charge in [0.1, 0.15) is 0 Å². The highest BCUT2D eigenvalue weighted by Gasteiger charge is 2.05. The molecular weight excluding hydrogens is 351 g/mol. The molecule has 0 amide bonds. The number of halogens is 2. The van der Waals surface area contributed by atoms with Gasteiger partial charge in [-0.15, -0.1) is 10.2 Å². The van der Waals surface area contributed by atoms with Crippen molar-refractivity contribution in [3.8, 4) is 0 Å². The van der Waals surface area contributed by atoms with Crippen molar-refractivity contribution in [2.75, 3.05) is 0 Å². The summed E-state index contributed by atoms with van der Waals surface area (Å²) in [6.07, 6.45) is 3.55. The van der Waals surface area contributed by atoms with Crippen molar-refractivity contribution < 1.29 is 4.42 Å². The molecule has 0 N–H and O–H groups in total. The molecule has 0 unspecified atom stereocenters. The van der Waals surface area contributed by atoms with Crippen LogP contribution in [0, 0.1) is 0 Å². The fourth-order valence-electron chi connectivity index (χ4n) is 1.86. The Kier molecular flexibility index (Phi) is 5.39. The highest BCUT2D eigenvalue weighted by atomic mass is 35.5. The van der Waals surface area contributed by atoms with Crippen molar-refractivity contribution in [1.82, 2.24) is 10.2 Å². The molecule has 1 aromatic heterocycles. The van der Waals surface area contributed by atoms with Gasteiger partial charge in [0.25, 0.3) is 5.22 Å². The number of hydrogen-bond donors (Lipinski definition) is 0. The molecule has 23 heavy (non-hydrogen) atoms. The summed E-state index contributed by atoms with van der Waals surface area (Å²) >= 11 is 13.5. The number of rotatable bonds is 5. The van der Waals surface area contributed by atoms with Crippen LogP contribution in [0.2, 0.25) is 10.0 Å². The van der Waals surface area contributed by atoms with E-state index in [9.17, 15) is 0 Å². The van der Waals surface area contributed by atoms with Gasteiger partial charge in [0, 0.05) is 21.9 Å². The molecule has 0 atom stereocenters. The first kappa shape index (κ1) is 16.1. The molecule has 116 valence electrons. The van der Waals surface area contributed by atoms with Crippen LogP contribution in [0.15, 0.2) is 58.2 Å². The summed E-state index contributed by atoms with van der Waals surface area (Å²) in [5, 5.41) is 9.73. The van der Waals surface area contributed by atoms with Crippen LogP contribution in [0.25, 0.3) is 12.2 Å². The van der Waals surface area contributed by atoms with Gasteiger partial charge in [0.05, 0.1) is 0 Å². The van der Waals surface area contributed by atoms with E-state index in [-0.39, 0.29) is 0 Å². The van der Waals surface area contributed by atoms with Crippen molar-refractivity contribution >= 4 is 47.1 Å². The Hall–Kier alpha value is -1.75. The topological polar surface area (TPSA) is 38.9 Å². The summed E-state index contributed by atoms with van der Waals surface area (Å²) in [5.41, 5.74) is 2.05. The smallest absolute Gasteiger partial charge is 0.277 e. The fourth-order valence-corrected chi connectivity index (χ4v) is 3.06. The molecule has 0 aliphatic carbocycles. The quantitative estimate of drug-likeness (QED) is 0.534. The average Bonchev–Trinajstić information content (AvgIpc) is 3.01. The molecule has 0 saturated carbocycles. The monoisotopic (exact) mass is 362 g/mol. The molecule has 3 aromatic rings. The maximum absolute atomic E-state index is 6.11. The van der Waals surface area contributed by atoms with Gasteiger partial charge >= 0.3 is 0 Å². The van der Waals surface area contributed by atoms with Crippen LogP contribution in [-0.2, 0) is 5.75 Å². The summed E-state index contributed by atoms with van der Waals surface area (Å²) in [6, 6.07) is 15.4. The number of aromatic nitrogens is 2. The minimum Gasteiger partial charge on any atom is -0.412 e. The highest BCUT2D eigenvalue weighted by molar-refractivity contribution is 7.98. The average molecular weight is 363 g/mol. The van der Waals surface area contributed by atoms with E-state index in [1.807, 2.05) is 30.3 Å². The number of benzene rings is 2. The summed E-state index contributed by atoms with van der Waals surface area (Å²) in [7, 11) is 0. The second kappa shape index (κ2) is 7.68. The summed E-state index contributed by atoms with van der Waals surface area (Å²) in [5.74, 6) is 1.22. The standard InChI is InChI=1S/C17H12Cl2N2OS/c18-14-8-6-13(15(19)10-14)7-9-16-20-21-17(22-16)23-11-12-4-2-1-3-5-12/h1-10H,11H2/b9-7+. The third-order valence-corrected chi connectivity index (χ3v) is 4.45. The summed E-state index contributed by atoms with van der Waals surface area (Å²) in [4.78, 5) is 0. The van der Waals surface area contributed by atoms with E-state index in [2.05, 4.69) is 22.3 Å². The molecule has 3 nitrogen and oxygen atoms in total. The highest BCUT2D eigenvalue weighted by Crippen LogP contribution is 2.24. The van der Waals surface area contributed by atoms with Crippen LogP contribution < -0.4 is 0 Å². The van der Waals surface area contributed by atoms with Crippen molar-refractivity contribution in [2.45, 2.75) is 11.0 Å². The van der Waals surface area contributed by atoms with Gasteiger partial charge in [-0.2, -0.15) is 0 Å². The van der Waals surface area contributed by atoms with Gasteiger partial charge in [-0.25, -0.2) is 0 Å². The van der Waals surface area contributed by atoms with Crippen LogP contribution in [0.1, 0.15) is 17.0 Å². The van der Waals surface area contributed by atoms with E-state index in [0.29, 0.717) is 21.2 Å². The van der Waals surface area contributed by atoms with Gasteiger partial charge < -0.3 is 4.42 Å².